The summed E-state index contributed by atoms with van der Waals surface area (Å²) in [7, 11) is -2.07. The summed E-state index contributed by atoms with van der Waals surface area (Å²) in [6.45, 7) is 2.11. The van der Waals surface area contributed by atoms with Crippen LogP contribution in [0.5, 0.6) is 5.75 Å². The lowest BCUT2D eigenvalue weighted by Crippen LogP contribution is -2.16. The number of sulfonamides is 1. The molecule has 3 N–H and O–H groups in total. The summed E-state index contributed by atoms with van der Waals surface area (Å²) in [5.41, 5.74) is 2.94. The van der Waals surface area contributed by atoms with Gasteiger partial charge in [-0.25, -0.2) is 8.42 Å². The molecule has 1 amide bonds. The molecule has 0 radical (unpaired) electrons. The van der Waals surface area contributed by atoms with Crippen LogP contribution in [0.15, 0.2) is 42.5 Å². The Morgan fingerprint density at radius 1 is 1.14 bits per heavy atom. The number of methoxy groups -OCH3 is 1. The van der Waals surface area contributed by atoms with Gasteiger partial charge in [-0.1, -0.05) is 25.1 Å². The number of amides is 1. The fraction of sp³-hybridized carbons (Fsp3) is 0.286. The molecule has 0 atom stereocenters. The average Bonchev–Trinajstić information content (AvgIpc) is 3.25. The standard InChI is InChI=1S/C21H23N3O4S/c1-21(8-9-21)14-11-16(19(28-2)17(12-14)24-29(3,26)27)23-20(25)18-10-13-6-4-5-7-15(13)22-18/h4-7,10-12,22,24H,8-9H2,1-3H3,(H,23,25). The normalized spacial score (nSPS) is 15.1. The van der Waals surface area contributed by atoms with Crippen molar-refractivity contribution in [3.05, 3.63) is 53.7 Å². The van der Waals surface area contributed by atoms with Gasteiger partial charge in [-0.15, -0.1) is 0 Å². The number of H-pyrrole nitrogens is 1. The van der Waals surface area contributed by atoms with Crippen molar-refractivity contribution in [2.75, 3.05) is 23.4 Å². The van der Waals surface area contributed by atoms with Gasteiger partial charge in [0.1, 0.15) is 5.69 Å². The van der Waals surface area contributed by atoms with E-state index in [2.05, 4.69) is 21.9 Å². The Labute approximate surface area is 169 Å². The molecule has 1 aromatic heterocycles. The number of fused-ring (bicyclic) bond motifs is 1. The van der Waals surface area contributed by atoms with Crippen molar-refractivity contribution < 1.29 is 17.9 Å². The molecule has 8 heteroatoms. The Morgan fingerprint density at radius 2 is 1.83 bits per heavy atom. The van der Waals surface area contributed by atoms with Crippen LogP contribution in [0.3, 0.4) is 0 Å². The monoisotopic (exact) mass is 413 g/mol. The third-order valence-electron chi connectivity index (χ3n) is 5.31. The van der Waals surface area contributed by atoms with Gasteiger partial charge >= 0.3 is 0 Å². The first kappa shape index (κ1) is 19.3. The minimum Gasteiger partial charge on any atom is -0.492 e. The largest absolute Gasteiger partial charge is 0.492 e. The molecular formula is C21H23N3O4S. The van der Waals surface area contributed by atoms with Crippen LogP contribution in [-0.4, -0.2) is 32.7 Å². The summed E-state index contributed by atoms with van der Waals surface area (Å²) in [5, 5.41) is 3.81. The maximum absolute atomic E-state index is 12.9. The fourth-order valence-corrected chi connectivity index (χ4v) is 3.98. The van der Waals surface area contributed by atoms with Crippen LogP contribution < -0.4 is 14.8 Å². The van der Waals surface area contributed by atoms with E-state index in [-0.39, 0.29) is 17.1 Å². The number of carbonyl (C=O) groups is 1. The summed E-state index contributed by atoms with van der Waals surface area (Å²) >= 11 is 0. The van der Waals surface area contributed by atoms with E-state index >= 15 is 0 Å². The van der Waals surface area contributed by atoms with Gasteiger partial charge in [-0.05, 0) is 48.1 Å². The maximum Gasteiger partial charge on any atom is 0.272 e. The molecule has 2 aromatic carbocycles. The quantitative estimate of drug-likeness (QED) is 0.571. The molecule has 3 aromatic rings. The highest BCUT2D eigenvalue weighted by molar-refractivity contribution is 7.92. The van der Waals surface area contributed by atoms with E-state index in [1.165, 1.54) is 7.11 Å². The number of anilines is 2. The van der Waals surface area contributed by atoms with Crippen molar-refractivity contribution in [1.29, 1.82) is 0 Å². The molecular weight excluding hydrogens is 390 g/mol. The summed E-state index contributed by atoms with van der Waals surface area (Å²) in [6, 6.07) is 13.0. The van der Waals surface area contributed by atoms with Crippen LogP contribution in [0, 0.1) is 0 Å². The van der Waals surface area contributed by atoms with Crippen molar-refractivity contribution in [2.45, 2.75) is 25.2 Å². The highest BCUT2D eigenvalue weighted by Crippen LogP contribution is 2.50. The van der Waals surface area contributed by atoms with Crippen molar-refractivity contribution >= 4 is 38.2 Å². The molecule has 0 bridgehead atoms. The van der Waals surface area contributed by atoms with Crippen molar-refractivity contribution in [3.63, 3.8) is 0 Å². The molecule has 0 unspecified atom stereocenters. The van der Waals surface area contributed by atoms with Crippen molar-refractivity contribution in [1.82, 2.24) is 4.98 Å². The lowest BCUT2D eigenvalue weighted by molar-refractivity contribution is 0.102. The average molecular weight is 413 g/mol. The molecule has 1 saturated carbocycles. The topological polar surface area (TPSA) is 100 Å². The molecule has 0 saturated heterocycles. The number of benzene rings is 2. The zero-order valence-corrected chi connectivity index (χ0v) is 17.3. The lowest BCUT2D eigenvalue weighted by atomic mass is 9.96. The molecule has 1 heterocycles. The van der Waals surface area contributed by atoms with Crippen molar-refractivity contribution in [2.24, 2.45) is 0 Å². The number of hydrogen-bond donors (Lipinski definition) is 3. The summed E-state index contributed by atoms with van der Waals surface area (Å²) in [6.07, 6.45) is 3.10. The summed E-state index contributed by atoms with van der Waals surface area (Å²) in [5.74, 6) is -0.0595. The molecule has 152 valence electrons. The van der Waals surface area contributed by atoms with E-state index in [1.54, 1.807) is 12.1 Å². The van der Waals surface area contributed by atoms with Gasteiger partial charge < -0.3 is 15.0 Å². The van der Waals surface area contributed by atoms with Crippen molar-refractivity contribution in [3.8, 4) is 5.75 Å². The zero-order chi connectivity index (χ0) is 20.8. The third kappa shape index (κ3) is 3.93. The predicted octanol–water partition coefficient (Wildman–Crippen LogP) is 3.85. The smallest absolute Gasteiger partial charge is 0.272 e. The SMILES string of the molecule is COc1c(NC(=O)c2cc3ccccc3[nH]2)cc(C2(C)CC2)cc1NS(C)(=O)=O. The van der Waals surface area contributed by atoms with Gasteiger partial charge in [-0.2, -0.15) is 0 Å². The number of aromatic nitrogens is 1. The molecule has 1 aliphatic rings. The molecule has 0 aliphatic heterocycles. The second kappa shape index (κ2) is 6.81. The van der Waals surface area contributed by atoms with Crippen LogP contribution in [0.4, 0.5) is 11.4 Å². The predicted molar refractivity (Wildman–Crippen MR) is 114 cm³/mol. The first-order valence-corrected chi connectivity index (χ1v) is 11.2. The Hall–Kier alpha value is -3.00. The molecule has 0 spiro atoms. The number of aromatic amines is 1. The van der Waals surface area contributed by atoms with Gasteiger partial charge in [0.15, 0.2) is 5.75 Å². The van der Waals surface area contributed by atoms with E-state index < -0.39 is 10.0 Å². The minimum absolute atomic E-state index is 0.0270. The summed E-state index contributed by atoms with van der Waals surface area (Å²) in [4.78, 5) is 16.0. The van der Waals surface area contributed by atoms with E-state index in [1.807, 2.05) is 30.3 Å². The Morgan fingerprint density at radius 3 is 2.45 bits per heavy atom. The van der Waals surface area contributed by atoms with E-state index in [0.29, 0.717) is 17.1 Å². The fourth-order valence-electron chi connectivity index (χ4n) is 3.43. The van der Waals surface area contributed by atoms with Gasteiger partial charge in [-0.3, -0.25) is 9.52 Å². The van der Waals surface area contributed by atoms with Gasteiger partial charge in [0.25, 0.3) is 5.91 Å². The first-order chi connectivity index (χ1) is 13.7. The Bertz CT molecular complexity index is 1180. The highest BCUT2D eigenvalue weighted by atomic mass is 32.2. The molecule has 1 fully saturated rings. The highest BCUT2D eigenvalue weighted by Gasteiger charge is 2.40. The van der Waals surface area contributed by atoms with Crippen LogP contribution in [-0.2, 0) is 15.4 Å². The lowest BCUT2D eigenvalue weighted by Gasteiger charge is -2.19. The van der Waals surface area contributed by atoms with Crippen LogP contribution in [0.25, 0.3) is 10.9 Å². The first-order valence-electron chi connectivity index (χ1n) is 9.28. The number of rotatable bonds is 6. The second-order valence-electron chi connectivity index (χ2n) is 7.76. The Kier molecular flexibility index (Phi) is 4.53. The molecule has 7 nitrogen and oxygen atoms in total. The van der Waals surface area contributed by atoms with Crippen LogP contribution >= 0.6 is 0 Å². The number of ether oxygens (including phenoxy) is 1. The number of hydrogen-bond acceptors (Lipinski definition) is 4. The zero-order valence-electron chi connectivity index (χ0n) is 16.5. The molecule has 29 heavy (non-hydrogen) atoms. The number of nitrogens with one attached hydrogen (secondary N) is 3. The summed E-state index contributed by atoms with van der Waals surface area (Å²) < 4.78 is 31.6. The molecule has 1 aliphatic carbocycles. The van der Waals surface area contributed by atoms with E-state index in [9.17, 15) is 13.2 Å². The second-order valence-corrected chi connectivity index (χ2v) is 9.51. The minimum atomic E-state index is -3.52. The van der Waals surface area contributed by atoms with Gasteiger partial charge in [0, 0.05) is 10.9 Å². The number of carbonyl (C=O) groups excluding carboxylic acids is 1. The van der Waals surface area contributed by atoms with E-state index in [4.69, 9.17) is 4.74 Å². The number of para-hydroxylation sites is 1. The maximum atomic E-state index is 12.9. The Balaban J connectivity index is 1.74. The van der Waals surface area contributed by atoms with Gasteiger partial charge in [0.05, 0.1) is 24.7 Å². The van der Waals surface area contributed by atoms with Gasteiger partial charge in [0.2, 0.25) is 10.0 Å². The van der Waals surface area contributed by atoms with Crippen LogP contribution in [0.2, 0.25) is 0 Å². The van der Waals surface area contributed by atoms with E-state index in [0.717, 1.165) is 35.6 Å². The van der Waals surface area contributed by atoms with Crippen LogP contribution in [0.1, 0.15) is 35.8 Å². The third-order valence-corrected chi connectivity index (χ3v) is 5.90. The molecule has 4 rings (SSSR count).